The zero-order valence-electron chi connectivity index (χ0n) is 10.2. The van der Waals surface area contributed by atoms with Crippen LogP contribution in [0.5, 0.6) is 0 Å². The van der Waals surface area contributed by atoms with E-state index in [0.29, 0.717) is 0 Å². The first kappa shape index (κ1) is 14.5. The lowest BCUT2D eigenvalue weighted by Crippen LogP contribution is -2.12. The Kier molecular flexibility index (Phi) is 3.82. The zero-order chi connectivity index (χ0) is 14.9. The summed E-state index contributed by atoms with van der Waals surface area (Å²) < 4.78 is 41.2. The highest BCUT2D eigenvalue weighted by atomic mass is 35.5. The van der Waals surface area contributed by atoms with E-state index in [1.165, 1.54) is 12.1 Å². The van der Waals surface area contributed by atoms with E-state index in [1.807, 2.05) is 0 Å². The summed E-state index contributed by atoms with van der Waals surface area (Å²) in [6.45, 7) is 0. The number of hydrogen-bond donors (Lipinski definition) is 1. The average molecular weight is 318 g/mol. The van der Waals surface area contributed by atoms with Crippen LogP contribution in [-0.4, -0.2) is 20.6 Å². The third-order valence-electron chi connectivity index (χ3n) is 2.41. The van der Waals surface area contributed by atoms with E-state index in [2.05, 4.69) is 5.32 Å². The SMILES string of the molecule is CS(=O)(=O)c1ccc(F)c(NC(=O)c2ccc(Cl)o2)c1. The van der Waals surface area contributed by atoms with E-state index in [1.54, 1.807) is 0 Å². The first-order chi connectivity index (χ1) is 9.27. The van der Waals surface area contributed by atoms with Gasteiger partial charge < -0.3 is 9.73 Å². The Hall–Kier alpha value is -1.86. The number of amides is 1. The highest BCUT2D eigenvalue weighted by Crippen LogP contribution is 2.21. The first-order valence-corrected chi connectivity index (χ1v) is 7.60. The van der Waals surface area contributed by atoms with E-state index in [-0.39, 0.29) is 21.6 Å². The number of furan rings is 1. The minimum Gasteiger partial charge on any atom is -0.440 e. The van der Waals surface area contributed by atoms with Gasteiger partial charge >= 0.3 is 0 Å². The second kappa shape index (κ2) is 5.26. The van der Waals surface area contributed by atoms with Gasteiger partial charge in [0.2, 0.25) is 0 Å². The molecule has 0 radical (unpaired) electrons. The molecule has 1 N–H and O–H groups in total. The molecule has 1 heterocycles. The summed E-state index contributed by atoms with van der Waals surface area (Å²) in [5, 5.41) is 2.24. The minimum absolute atomic E-state index is 0.0144. The monoisotopic (exact) mass is 317 g/mol. The van der Waals surface area contributed by atoms with Crippen molar-refractivity contribution in [3.05, 3.63) is 47.1 Å². The fourth-order valence-electron chi connectivity index (χ4n) is 1.45. The van der Waals surface area contributed by atoms with Crippen LogP contribution in [0.4, 0.5) is 10.1 Å². The molecule has 0 unspecified atom stereocenters. The normalized spacial score (nSPS) is 11.3. The summed E-state index contributed by atoms with van der Waals surface area (Å²) in [6.07, 6.45) is 0.984. The highest BCUT2D eigenvalue weighted by Gasteiger charge is 2.16. The van der Waals surface area contributed by atoms with Gasteiger partial charge in [-0.25, -0.2) is 12.8 Å². The number of benzene rings is 1. The Balaban J connectivity index is 2.31. The Bertz CT molecular complexity index is 770. The van der Waals surface area contributed by atoms with Gasteiger partial charge in [-0.3, -0.25) is 4.79 Å². The summed E-state index contributed by atoms with van der Waals surface area (Å²) >= 11 is 5.52. The van der Waals surface area contributed by atoms with Crippen molar-refractivity contribution in [2.45, 2.75) is 4.90 Å². The van der Waals surface area contributed by atoms with Gasteiger partial charge in [0.15, 0.2) is 20.8 Å². The number of carbonyl (C=O) groups excluding carboxylic acids is 1. The standard InChI is InChI=1S/C12H9ClFNO4S/c1-20(17,18)7-2-3-8(14)9(6-7)15-12(16)10-4-5-11(13)19-10/h2-6H,1H3,(H,15,16). The number of halogens is 2. The Morgan fingerprint density at radius 3 is 2.55 bits per heavy atom. The Morgan fingerprint density at radius 1 is 1.30 bits per heavy atom. The third-order valence-corrected chi connectivity index (χ3v) is 3.72. The molecule has 1 aromatic heterocycles. The molecule has 0 spiro atoms. The number of carbonyl (C=O) groups is 1. The molecule has 0 aliphatic heterocycles. The van der Waals surface area contributed by atoms with Gasteiger partial charge in [0, 0.05) is 6.26 Å². The molecule has 20 heavy (non-hydrogen) atoms. The molecule has 0 fully saturated rings. The largest absolute Gasteiger partial charge is 0.440 e. The topological polar surface area (TPSA) is 76.4 Å². The van der Waals surface area contributed by atoms with Crippen LogP contribution in [0.3, 0.4) is 0 Å². The Morgan fingerprint density at radius 2 is 2.00 bits per heavy atom. The lowest BCUT2D eigenvalue weighted by atomic mass is 10.3. The number of rotatable bonds is 3. The summed E-state index contributed by atoms with van der Waals surface area (Å²) in [4.78, 5) is 11.7. The molecule has 2 aromatic rings. The van der Waals surface area contributed by atoms with Crippen LogP contribution in [0.25, 0.3) is 0 Å². The molecular formula is C12H9ClFNO4S. The molecule has 1 amide bonds. The fraction of sp³-hybridized carbons (Fsp3) is 0.0833. The van der Waals surface area contributed by atoms with Crippen LogP contribution < -0.4 is 5.32 Å². The van der Waals surface area contributed by atoms with Crippen LogP contribution in [0, 0.1) is 5.82 Å². The molecule has 0 bridgehead atoms. The molecule has 5 nitrogen and oxygen atoms in total. The van der Waals surface area contributed by atoms with Crippen molar-refractivity contribution in [1.29, 1.82) is 0 Å². The minimum atomic E-state index is -3.50. The maximum atomic E-state index is 13.6. The molecule has 8 heteroatoms. The lowest BCUT2D eigenvalue weighted by Gasteiger charge is -2.06. The van der Waals surface area contributed by atoms with E-state index in [4.69, 9.17) is 16.0 Å². The van der Waals surface area contributed by atoms with Gasteiger partial charge in [-0.2, -0.15) is 0 Å². The number of hydrogen-bond acceptors (Lipinski definition) is 4. The smallest absolute Gasteiger partial charge is 0.291 e. The first-order valence-electron chi connectivity index (χ1n) is 5.33. The molecule has 0 atom stereocenters. The van der Waals surface area contributed by atoms with Crippen LogP contribution >= 0.6 is 11.6 Å². The van der Waals surface area contributed by atoms with Crippen molar-refractivity contribution >= 4 is 33.0 Å². The number of sulfone groups is 1. The molecule has 0 saturated heterocycles. The molecule has 0 aliphatic carbocycles. The van der Waals surface area contributed by atoms with E-state index >= 15 is 0 Å². The van der Waals surface area contributed by atoms with Gasteiger partial charge in [-0.05, 0) is 41.9 Å². The van der Waals surface area contributed by atoms with Gasteiger partial charge in [-0.1, -0.05) is 0 Å². The maximum absolute atomic E-state index is 13.6. The summed E-state index contributed by atoms with van der Waals surface area (Å²) in [6, 6.07) is 5.79. The van der Waals surface area contributed by atoms with Crippen LogP contribution in [0.15, 0.2) is 39.6 Å². The van der Waals surface area contributed by atoms with Crippen molar-refractivity contribution in [3.63, 3.8) is 0 Å². The van der Waals surface area contributed by atoms with E-state index in [9.17, 15) is 17.6 Å². The molecule has 0 saturated carbocycles. The number of anilines is 1. The van der Waals surface area contributed by atoms with Crippen molar-refractivity contribution in [2.24, 2.45) is 0 Å². The van der Waals surface area contributed by atoms with E-state index < -0.39 is 21.6 Å². The predicted octanol–water partition coefficient (Wildman–Crippen LogP) is 2.73. The quantitative estimate of drug-likeness (QED) is 0.883. The van der Waals surface area contributed by atoms with Gasteiger partial charge in [0.05, 0.1) is 10.6 Å². The Labute approximate surface area is 119 Å². The van der Waals surface area contributed by atoms with Crippen LogP contribution in [0.2, 0.25) is 5.22 Å². The van der Waals surface area contributed by atoms with Gasteiger partial charge in [-0.15, -0.1) is 0 Å². The van der Waals surface area contributed by atoms with Crippen molar-refractivity contribution < 1.29 is 22.0 Å². The van der Waals surface area contributed by atoms with Crippen molar-refractivity contribution in [2.75, 3.05) is 11.6 Å². The summed E-state index contributed by atoms with van der Waals surface area (Å²) in [5.41, 5.74) is -0.259. The average Bonchev–Trinajstić information content (AvgIpc) is 2.77. The van der Waals surface area contributed by atoms with Crippen molar-refractivity contribution in [3.8, 4) is 0 Å². The third kappa shape index (κ3) is 3.17. The highest BCUT2D eigenvalue weighted by molar-refractivity contribution is 7.90. The summed E-state index contributed by atoms with van der Waals surface area (Å²) in [7, 11) is -3.50. The second-order valence-electron chi connectivity index (χ2n) is 3.97. The van der Waals surface area contributed by atoms with Crippen LogP contribution in [0.1, 0.15) is 10.6 Å². The number of nitrogens with one attached hydrogen (secondary N) is 1. The fourth-order valence-corrected chi connectivity index (χ4v) is 2.24. The predicted molar refractivity (Wildman–Crippen MR) is 71.2 cm³/mol. The molecule has 0 aliphatic rings. The molecule has 1 aromatic carbocycles. The second-order valence-corrected chi connectivity index (χ2v) is 6.36. The van der Waals surface area contributed by atoms with Gasteiger partial charge in [0.1, 0.15) is 5.82 Å². The zero-order valence-corrected chi connectivity index (χ0v) is 11.8. The molecule has 2 rings (SSSR count). The maximum Gasteiger partial charge on any atom is 0.291 e. The molecule has 106 valence electrons. The van der Waals surface area contributed by atoms with Crippen LogP contribution in [-0.2, 0) is 9.84 Å². The lowest BCUT2D eigenvalue weighted by molar-refractivity contribution is 0.0996. The summed E-state index contributed by atoms with van der Waals surface area (Å²) in [5.74, 6) is -1.61. The molecular weight excluding hydrogens is 309 g/mol. The van der Waals surface area contributed by atoms with Crippen molar-refractivity contribution in [1.82, 2.24) is 0 Å². The van der Waals surface area contributed by atoms with E-state index in [0.717, 1.165) is 24.5 Å². The van der Waals surface area contributed by atoms with Gasteiger partial charge in [0.25, 0.3) is 5.91 Å².